The van der Waals surface area contributed by atoms with Crippen molar-refractivity contribution in [2.75, 3.05) is 18.6 Å². The number of nitrogens with zero attached hydrogens (tertiary/aromatic N) is 1. The third-order valence-corrected chi connectivity index (χ3v) is 3.47. The molecule has 19 heavy (non-hydrogen) atoms. The van der Waals surface area contributed by atoms with Crippen LogP contribution in [0.4, 0.5) is 5.69 Å². The van der Waals surface area contributed by atoms with Gasteiger partial charge >= 0.3 is 0 Å². The summed E-state index contributed by atoms with van der Waals surface area (Å²) in [5, 5.41) is 2.69. The fourth-order valence-electron chi connectivity index (χ4n) is 2.03. The molecule has 1 aromatic carbocycles. The highest BCUT2D eigenvalue weighted by molar-refractivity contribution is 9.10. The zero-order chi connectivity index (χ0) is 14.0. The summed E-state index contributed by atoms with van der Waals surface area (Å²) >= 11 is 3.37. The van der Waals surface area contributed by atoms with Crippen molar-refractivity contribution >= 4 is 33.4 Å². The van der Waals surface area contributed by atoms with Gasteiger partial charge in [0.25, 0.3) is 0 Å². The molecule has 5 nitrogen and oxygen atoms in total. The number of rotatable bonds is 3. The number of benzene rings is 1. The standard InChI is InChI=1S/C13H15BrN2O3/c1-3-11-13(18)16(7-12(17)15-11)9-4-8(14)5-10(6-9)19-2/h4-6,11H,3,7H2,1-2H3,(H,15,17). The highest BCUT2D eigenvalue weighted by atomic mass is 79.9. The average molecular weight is 327 g/mol. The smallest absolute Gasteiger partial charge is 0.250 e. The van der Waals surface area contributed by atoms with Crippen LogP contribution >= 0.6 is 15.9 Å². The maximum absolute atomic E-state index is 12.3. The van der Waals surface area contributed by atoms with E-state index in [0.717, 1.165) is 4.47 Å². The Morgan fingerprint density at radius 1 is 1.42 bits per heavy atom. The van der Waals surface area contributed by atoms with Gasteiger partial charge in [-0.15, -0.1) is 0 Å². The SMILES string of the molecule is CCC1NC(=O)CN(c2cc(Br)cc(OC)c2)C1=O. The largest absolute Gasteiger partial charge is 0.497 e. The van der Waals surface area contributed by atoms with Crippen molar-refractivity contribution in [3.05, 3.63) is 22.7 Å². The first-order chi connectivity index (χ1) is 9.05. The number of hydrogen-bond acceptors (Lipinski definition) is 3. The summed E-state index contributed by atoms with van der Waals surface area (Å²) in [6.45, 7) is 1.91. The van der Waals surface area contributed by atoms with Gasteiger partial charge in [0.05, 0.1) is 7.11 Å². The summed E-state index contributed by atoms with van der Waals surface area (Å²) in [6, 6.07) is 4.89. The van der Waals surface area contributed by atoms with Gasteiger partial charge in [0.1, 0.15) is 18.3 Å². The van der Waals surface area contributed by atoms with E-state index in [0.29, 0.717) is 17.9 Å². The predicted octanol–water partition coefficient (Wildman–Crippen LogP) is 1.70. The van der Waals surface area contributed by atoms with Crippen LogP contribution in [-0.2, 0) is 9.59 Å². The number of halogens is 1. The summed E-state index contributed by atoms with van der Waals surface area (Å²) in [7, 11) is 1.56. The van der Waals surface area contributed by atoms with E-state index in [1.807, 2.05) is 6.92 Å². The van der Waals surface area contributed by atoms with E-state index in [4.69, 9.17) is 4.74 Å². The van der Waals surface area contributed by atoms with E-state index in [9.17, 15) is 9.59 Å². The first-order valence-corrected chi connectivity index (χ1v) is 6.79. The van der Waals surface area contributed by atoms with Gasteiger partial charge in [0.15, 0.2) is 0 Å². The topological polar surface area (TPSA) is 58.6 Å². The van der Waals surface area contributed by atoms with Gasteiger partial charge in [-0.05, 0) is 18.6 Å². The fourth-order valence-corrected chi connectivity index (χ4v) is 2.49. The maximum atomic E-state index is 12.3. The van der Waals surface area contributed by atoms with Crippen molar-refractivity contribution in [1.29, 1.82) is 0 Å². The van der Waals surface area contributed by atoms with Crippen LogP contribution in [0.2, 0.25) is 0 Å². The van der Waals surface area contributed by atoms with Gasteiger partial charge in [-0.2, -0.15) is 0 Å². The van der Waals surface area contributed by atoms with E-state index in [1.54, 1.807) is 25.3 Å². The molecule has 1 fully saturated rings. The number of amides is 2. The summed E-state index contributed by atoms with van der Waals surface area (Å²) < 4.78 is 5.97. The zero-order valence-corrected chi connectivity index (χ0v) is 12.4. The van der Waals surface area contributed by atoms with Gasteiger partial charge in [-0.25, -0.2) is 0 Å². The molecule has 0 aromatic heterocycles. The Kier molecular flexibility index (Phi) is 4.09. The van der Waals surface area contributed by atoms with Crippen molar-refractivity contribution in [1.82, 2.24) is 5.32 Å². The predicted molar refractivity (Wildman–Crippen MR) is 75.3 cm³/mol. The molecule has 2 amide bonds. The van der Waals surface area contributed by atoms with Gasteiger partial charge in [-0.1, -0.05) is 22.9 Å². The fraction of sp³-hybridized carbons (Fsp3) is 0.385. The quantitative estimate of drug-likeness (QED) is 0.919. The number of nitrogens with one attached hydrogen (secondary N) is 1. The molecule has 6 heteroatoms. The Morgan fingerprint density at radius 2 is 2.16 bits per heavy atom. The van der Waals surface area contributed by atoms with Crippen LogP contribution in [0.1, 0.15) is 13.3 Å². The molecule has 2 rings (SSSR count). The minimum absolute atomic E-state index is 0.0366. The molecular weight excluding hydrogens is 312 g/mol. The summed E-state index contributed by atoms with van der Waals surface area (Å²) in [5.41, 5.74) is 0.657. The summed E-state index contributed by atoms with van der Waals surface area (Å²) in [5.74, 6) is 0.392. The molecule has 1 saturated heterocycles. The lowest BCUT2D eigenvalue weighted by molar-refractivity contribution is -0.131. The van der Waals surface area contributed by atoms with Gasteiger partial charge in [-0.3, -0.25) is 9.59 Å². The van der Waals surface area contributed by atoms with Crippen LogP contribution in [0.3, 0.4) is 0 Å². The zero-order valence-electron chi connectivity index (χ0n) is 10.8. The van der Waals surface area contributed by atoms with Crippen molar-refractivity contribution in [2.24, 2.45) is 0 Å². The number of carbonyl (C=O) groups excluding carboxylic acids is 2. The Bertz CT molecular complexity index is 519. The highest BCUT2D eigenvalue weighted by Gasteiger charge is 2.32. The Hall–Kier alpha value is -1.56. The lowest BCUT2D eigenvalue weighted by Crippen LogP contribution is -2.58. The first-order valence-electron chi connectivity index (χ1n) is 6.00. The van der Waals surface area contributed by atoms with Gasteiger partial charge in [0.2, 0.25) is 11.8 Å². The summed E-state index contributed by atoms with van der Waals surface area (Å²) in [4.78, 5) is 25.4. The molecule has 1 aliphatic heterocycles. The second kappa shape index (κ2) is 5.61. The number of anilines is 1. The van der Waals surface area contributed by atoms with Crippen LogP contribution in [0.25, 0.3) is 0 Å². The highest BCUT2D eigenvalue weighted by Crippen LogP contribution is 2.28. The number of carbonyl (C=O) groups is 2. The van der Waals surface area contributed by atoms with Crippen LogP contribution in [0.5, 0.6) is 5.75 Å². The van der Waals surface area contributed by atoms with Crippen molar-refractivity contribution in [3.8, 4) is 5.75 Å². The van der Waals surface area contributed by atoms with Crippen LogP contribution < -0.4 is 15.0 Å². The third-order valence-electron chi connectivity index (χ3n) is 3.01. The van der Waals surface area contributed by atoms with Gasteiger partial charge in [0, 0.05) is 16.2 Å². The van der Waals surface area contributed by atoms with Crippen LogP contribution in [0, 0.1) is 0 Å². The lowest BCUT2D eigenvalue weighted by atomic mass is 10.1. The van der Waals surface area contributed by atoms with Crippen molar-refractivity contribution in [2.45, 2.75) is 19.4 Å². The van der Waals surface area contributed by atoms with E-state index >= 15 is 0 Å². The third kappa shape index (κ3) is 2.89. The Morgan fingerprint density at radius 3 is 2.79 bits per heavy atom. The molecule has 1 aromatic rings. The lowest BCUT2D eigenvalue weighted by Gasteiger charge is -2.32. The first kappa shape index (κ1) is 13.9. The molecule has 0 aliphatic carbocycles. The number of ether oxygens (including phenoxy) is 1. The minimum atomic E-state index is -0.453. The number of piperazine rings is 1. The van der Waals surface area contributed by atoms with Crippen LogP contribution in [0.15, 0.2) is 22.7 Å². The molecular formula is C13H15BrN2O3. The van der Waals surface area contributed by atoms with E-state index in [2.05, 4.69) is 21.2 Å². The molecule has 0 saturated carbocycles. The van der Waals surface area contributed by atoms with Gasteiger partial charge < -0.3 is 15.0 Å². The molecule has 0 radical (unpaired) electrons. The van der Waals surface area contributed by atoms with E-state index in [-0.39, 0.29) is 18.4 Å². The number of methoxy groups -OCH3 is 1. The van der Waals surface area contributed by atoms with Crippen molar-refractivity contribution in [3.63, 3.8) is 0 Å². The molecule has 1 N–H and O–H groups in total. The van der Waals surface area contributed by atoms with Crippen LogP contribution in [-0.4, -0.2) is 31.5 Å². The summed E-state index contributed by atoms with van der Waals surface area (Å²) in [6.07, 6.45) is 0.576. The molecule has 0 bridgehead atoms. The van der Waals surface area contributed by atoms with E-state index in [1.165, 1.54) is 4.90 Å². The maximum Gasteiger partial charge on any atom is 0.250 e. The normalized spacial score (nSPS) is 19.3. The average Bonchev–Trinajstić information content (AvgIpc) is 2.40. The monoisotopic (exact) mass is 326 g/mol. The Balaban J connectivity index is 2.36. The molecule has 1 unspecified atom stereocenters. The molecule has 1 heterocycles. The number of hydrogen-bond donors (Lipinski definition) is 1. The molecule has 0 spiro atoms. The molecule has 1 aliphatic rings. The second-order valence-corrected chi connectivity index (χ2v) is 5.22. The van der Waals surface area contributed by atoms with Crippen molar-refractivity contribution < 1.29 is 14.3 Å². The second-order valence-electron chi connectivity index (χ2n) is 4.30. The molecule has 102 valence electrons. The minimum Gasteiger partial charge on any atom is -0.497 e. The Labute approximate surface area is 120 Å². The van der Waals surface area contributed by atoms with E-state index < -0.39 is 6.04 Å². The molecule has 1 atom stereocenters.